The average Bonchev–Trinajstić information content (AvgIpc) is 2.73. The number of aryl methyl sites for hydroxylation is 2. The molecule has 1 amide bonds. The van der Waals surface area contributed by atoms with Crippen LogP contribution in [0.25, 0.3) is 10.8 Å². The van der Waals surface area contributed by atoms with E-state index in [9.17, 15) is 14.4 Å². The molecule has 7 heteroatoms. The van der Waals surface area contributed by atoms with Gasteiger partial charge in [0, 0.05) is 19.0 Å². The number of benzene rings is 2. The van der Waals surface area contributed by atoms with Crippen molar-refractivity contribution >= 4 is 22.6 Å². The molecule has 28 heavy (non-hydrogen) atoms. The van der Waals surface area contributed by atoms with Crippen molar-refractivity contribution in [1.29, 1.82) is 0 Å². The van der Waals surface area contributed by atoms with E-state index in [0.717, 1.165) is 17.5 Å². The minimum Gasteiger partial charge on any atom is -0.451 e. The topological polar surface area (TPSA) is 90.3 Å². The van der Waals surface area contributed by atoms with E-state index in [1.165, 1.54) is 12.6 Å². The second kappa shape index (κ2) is 8.94. The maximum Gasteiger partial charge on any atom is 0.359 e. The number of ether oxygens (including phenoxy) is 1. The molecule has 0 aliphatic heterocycles. The van der Waals surface area contributed by atoms with E-state index >= 15 is 0 Å². The molecule has 3 rings (SSSR count). The van der Waals surface area contributed by atoms with Crippen LogP contribution < -0.4 is 10.9 Å². The van der Waals surface area contributed by atoms with E-state index in [2.05, 4.69) is 10.4 Å². The highest BCUT2D eigenvalue weighted by Gasteiger charge is 2.17. The molecule has 1 heterocycles. The number of nitrogens with zero attached hydrogens (tertiary/aromatic N) is 2. The lowest BCUT2D eigenvalue weighted by Crippen LogP contribution is -2.30. The number of esters is 1. The van der Waals surface area contributed by atoms with Crippen LogP contribution in [0.3, 0.4) is 0 Å². The van der Waals surface area contributed by atoms with E-state index in [1.807, 2.05) is 30.3 Å². The number of carbonyl (C=O) groups excluding carboxylic acids is 2. The third-order valence-electron chi connectivity index (χ3n) is 4.29. The summed E-state index contributed by atoms with van der Waals surface area (Å²) in [6.07, 6.45) is 1.64. The van der Waals surface area contributed by atoms with Crippen molar-refractivity contribution < 1.29 is 14.3 Å². The van der Waals surface area contributed by atoms with Crippen LogP contribution in [0.4, 0.5) is 0 Å². The van der Waals surface area contributed by atoms with Crippen molar-refractivity contribution in [1.82, 2.24) is 15.1 Å². The molecule has 144 valence electrons. The lowest BCUT2D eigenvalue weighted by atomic mass is 10.1. The van der Waals surface area contributed by atoms with Gasteiger partial charge in [0.25, 0.3) is 11.5 Å². The third-order valence-corrected chi connectivity index (χ3v) is 4.29. The first-order valence-electron chi connectivity index (χ1n) is 9.00. The summed E-state index contributed by atoms with van der Waals surface area (Å²) in [6, 6.07) is 16.7. The fourth-order valence-corrected chi connectivity index (χ4v) is 2.87. The summed E-state index contributed by atoms with van der Waals surface area (Å²) in [4.78, 5) is 36.4. The van der Waals surface area contributed by atoms with Gasteiger partial charge in [-0.25, -0.2) is 9.48 Å². The molecule has 1 aromatic heterocycles. The average molecular weight is 379 g/mol. The molecule has 0 aliphatic carbocycles. The summed E-state index contributed by atoms with van der Waals surface area (Å²) in [6.45, 7) is 0.0926. The van der Waals surface area contributed by atoms with E-state index in [0.29, 0.717) is 17.3 Å². The first kappa shape index (κ1) is 19.3. The van der Waals surface area contributed by atoms with Crippen LogP contribution in [0.15, 0.2) is 59.4 Å². The number of hydrogen-bond acceptors (Lipinski definition) is 5. The van der Waals surface area contributed by atoms with Gasteiger partial charge in [0.2, 0.25) is 0 Å². The van der Waals surface area contributed by atoms with Gasteiger partial charge in [0.1, 0.15) is 0 Å². The Kier molecular flexibility index (Phi) is 6.16. The highest BCUT2D eigenvalue weighted by atomic mass is 16.5. The minimum absolute atomic E-state index is 0.00887. The molecule has 0 radical (unpaired) electrons. The van der Waals surface area contributed by atoms with Gasteiger partial charge in [0.05, 0.1) is 5.39 Å². The normalized spacial score (nSPS) is 10.6. The Morgan fingerprint density at radius 2 is 1.71 bits per heavy atom. The first-order chi connectivity index (χ1) is 13.6. The number of aromatic nitrogens is 2. The number of fused-ring (bicyclic) bond motifs is 1. The Morgan fingerprint density at radius 1 is 1.04 bits per heavy atom. The monoisotopic (exact) mass is 379 g/mol. The van der Waals surface area contributed by atoms with Crippen LogP contribution >= 0.6 is 0 Å². The number of nitrogens with one attached hydrogen (secondary N) is 1. The molecular weight excluding hydrogens is 358 g/mol. The van der Waals surface area contributed by atoms with Gasteiger partial charge in [-0.1, -0.05) is 48.5 Å². The zero-order chi connectivity index (χ0) is 19.9. The highest BCUT2D eigenvalue weighted by Crippen LogP contribution is 2.13. The molecule has 0 spiro atoms. The van der Waals surface area contributed by atoms with Gasteiger partial charge >= 0.3 is 5.97 Å². The number of carbonyl (C=O) groups is 2. The van der Waals surface area contributed by atoms with E-state index in [1.54, 1.807) is 24.3 Å². The summed E-state index contributed by atoms with van der Waals surface area (Å²) in [7, 11) is 1.46. The Hall–Kier alpha value is -3.48. The van der Waals surface area contributed by atoms with E-state index in [-0.39, 0.29) is 17.2 Å². The third kappa shape index (κ3) is 4.62. The molecule has 0 fully saturated rings. The zero-order valence-corrected chi connectivity index (χ0v) is 15.6. The van der Waals surface area contributed by atoms with Crippen LogP contribution in [-0.2, 0) is 23.0 Å². The smallest absolute Gasteiger partial charge is 0.359 e. The molecule has 0 saturated heterocycles. The predicted molar refractivity (Wildman–Crippen MR) is 105 cm³/mol. The maximum atomic E-state index is 12.4. The zero-order valence-electron chi connectivity index (χ0n) is 15.6. The summed E-state index contributed by atoms with van der Waals surface area (Å²) in [5.41, 5.74) is 0.911. The summed E-state index contributed by atoms with van der Waals surface area (Å²) < 4.78 is 6.17. The molecule has 7 nitrogen and oxygen atoms in total. The molecule has 0 atom stereocenters. The summed E-state index contributed by atoms with van der Waals surface area (Å²) in [5.74, 6) is -1.12. The van der Waals surface area contributed by atoms with E-state index in [4.69, 9.17) is 4.74 Å². The summed E-state index contributed by atoms with van der Waals surface area (Å²) >= 11 is 0. The van der Waals surface area contributed by atoms with Crippen molar-refractivity contribution in [3.8, 4) is 0 Å². The minimum atomic E-state index is -0.744. The van der Waals surface area contributed by atoms with Crippen LogP contribution in [0.2, 0.25) is 0 Å². The Bertz CT molecular complexity index is 1040. The van der Waals surface area contributed by atoms with Crippen molar-refractivity contribution in [3.05, 3.63) is 76.2 Å². The molecule has 0 bridgehead atoms. The van der Waals surface area contributed by atoms with Gasteiger partial charge in [-0.2, -0.15) is 5.10 Å². The molecule has 2 aromatic carbocycles. The molecule has 0 aliphatic rings. The quantitative estimate of drug-likeness (QED) is 0.500. The second-order valence-corrected chi connectivity index (χ2v) is 6.34. The fraction of sp³-hybridized carbons (Fsp3) is 0.238. The van der Waals surface area contributed by atoms with Crippen LogP contribution in [0.1, 0.15) is 22.5 Å². The van der Waals surface area contributed by atoms with Crippen molar-refractivity contribution in [2.75, 3.05) is 13.2 Å². The second-order valence-electron chi connectivity index (χ2n) is 6.34. The maximum absolute atomic E-state index is 12.4. The lowest BCUT2D eigenvalue weighted by Gasteiger charge is -2.09. The molecular formula is C21H21N3O4. The lowest BCUT2D eigenvalue weighted by molar-refractivity contribution is -0.124. The van der Waals surface area contributed by atoms with Gasteiger partial charge < -0.3 is 10.1 Å². The van der Waals surface area contributed by atoms with Gasteiger partial charge in [-0.3, -0.25) is 9.59 Å². The molecule has 0 unspecified atom stereocenters. The van der Waals surface area contributed by atoms with Gasteiger partial charge in [-0.05, 0) is 24.5 Å². The SMILES string of the molecule is Cn1nc(C(=O)OCC(=O)NCCCc2ccccc2)c2ccccc2c1=O. The van der Waals surface area contributed by atoms with Crippen LogP contribution in [0, 0.1) is 0 Å². The van der Waals surface area contributed by atoms with Gasteiger partial charge in [0.15, 0.2) is 12.3 Å². The largest absolute Gasteiger partial charge is 0.451 e. The molecule has 1 N–H and O–H groups in total. The Labute approximate surface area is 161 Å². The number of rotatable bonds is 7. The Balaban J connectivity index is 1.53. The highest BCUT2D eigenvalue weighted by molar-refractivity contribution is 6.02. The molecule has 3 aromatic rings. The van der Waals surface area contributed by atoms with E-state index < -0.39 is 12.6 Å². The number of amides is 1. The van der Waals surface area contributed by atoms with Crippen LogP contribution in [0.5, 0.6) is 0 Å². The fourth-order valence-electron chi connectivity index (χ4n) is 2.87. The Morgan fingerprint density at radius 3 is 2.46 bits per heavy atom. The van der Waals surface area contributed by atoms with Crippen LogP contribution in [-0.4, -0.2) is 34.8 Å². The standard InChI is InChI=1S/C21H21N3O4/c1-24-20(26)17-12-6-5-11-16(17)19(23-24)21(27)28-14-18(25)22-13-7-10-15-8-3-2-4-9-15/h2-6,8-9,11-12H,7,10,13-14H2,1H3,(H,22,25). The van der Waals surface area contributed by atoms with Gasteiger partial charge in [-0.15, -0.1) is 0 Å². The van der Waals surface area contributed by atoms with Crippen molar-refractivity contribution in [2.24, 2.45) is 7.05 Å². The first-order valence-corrected chi connectivity index (χ1v) is 9.00. The summed E-state index contributed by atoms with van der Waals surface area (Å²) in [5, 5.41) is 7.49. The number of hydrogen-bond donors (Lipinski definition) is 1. The van der Waals surface area contributed by atoms with Crippen molar-refractivity contribution in [2.45, 2.75) is 12.8 Å². The van der Waals surface area contributed by atoms with Crippen molar-refractivity contribution in [3.63, 3.8) is 0 Å². The predicted octanol–water partition coefficient (Wildman–Crippen LogP) is 1.84. The molecule has 0 saturated carbocycles.